The number of nitrogens with one attached hydrogen (secondary N) is 2. The quantitative estimate of drug-likeness (QED) is 0.799. The number of aromatic nitrogens is 2. The number of anilines is 2. The zero-order valence-electron chi connectivity index (χ0n) is 12.0. The summed E-state index contributed by atoms with van der Waals surface area (Å²) in [5.41, 5.74) is 0. The molecule has 0 fully saturated rings. The fourth-order valence-corrected chi connectivity index (χ4v) is 1.75. The van der Waals surface area contributed by atoms with E-state index in [1.807, 2.05) is 20.8 Å². The summed E-state index contributed by atoms with van der Waals surface area (Å²) < 4.78 is 38.3. The number of halogens is 3. The predicted octanol–water partition coefficient (Wildman–Crippen LogP) is 3.92. The number of hydrogen-bond donors (Lipinski definition) is 2. The molecule has 1 atom stereocenters. The Morgan fingerprint density at radius 1 is 1.15 bits per heavy atom. The zero-order valence-corrected chi connectivity index (χ0v) is 12.0. The van der Waals surface area contributed by atoms with Crippen LogP contribution in [-0.4, -0.2) is 22.6 Å². The van der Waals surface area contributed by atoms with E-state index in [0.717, 1.165) is 19.3 Å². The highest BCUT2D eigenvalue weighted by Gasteiger charge is 2.35. The van der Waals surface area contributed by atoms with E-state index in [1.54, 1.807) is 0 Å². The maximum absolute atomic E-state index is 12.8. The average molecular weight is 290 g/mol. The lowest BCUT2D eigenvalue weighted by molar-refractivity contribution is -0.144. The van der Waals surface area contributed by atoms with Gasteiger partial charge in [0.1, 0.15) is 11.6 Å². The maximum atomic E-state index is 12.8. The van der Waals surface area contributed by atoms with E-state index < -0.39 is 12.0 Å². The fourth-order valence-electron chi connectivity index (χ4n) is 1.75. The normalized spacial score (nSPS) is 13.1. The van der Waals surface area contributed by atoms with Gasteiger partial charge in [-0.2, -0.15) is 13.2 Å². The lowest BCUT2D eigenvalue weighted by Gasteiger charge is -2.16. The molecule has 1 heterocycles. The molecule has 0 radical (unpaired) electrons. The van der Waals surface area contributed by atoms with E-state index in [4.69, 9.17) is 0 Å². The van der Waals surface area contributed by atoms with Gasteiger partial charge in [-0.05, 0) is 19.8 Å². The molecule has 0 amide bonds. The first-order valence-electron chi connectivity index (χ1n) is 6.83. The second kappa shape index (κ2) is 7.31. The third-order valence-corrected chi connectivity index (χ3v) is 2.65. The van der Waals surface area contributed by atoms with E-state index >= 15 is 0 Å². The van der Waals surface area contributed by atoms with Crippen molar-refractivity contribution in [3.8, 4) is 0 Å². The zero-order chi connectivity index (χ0) is 15.2. The Labute approximate surface area is 117 Å². The number of alkyl halides is 3. The highest BCUT2D eigenvalue weighted by Crippen LogP contribution is 2.28. The summed E-state index contributed by atoms with van der Waals surface area (Å²) in [6.07, 6.45) is -1.93. The first-order valence-corrected chi connectivity index (χ1v) is 6.83. The summed E-state index contributed by atoms with van der Waals surface area (Å²) >= 11 is 0. The van der Waals surface area contributed by atoms with Crippen molar-refractivity contribution < 1.29 is 13.2 Å². The summed E-state index contributed by atoms with van der Waals surface area (Å²) in [6, 6.07) is 1.58. The minimum Gasteiger partial charge on any atom is -0.370 e. The monoisotopic (exact) mass is 290 g/mol. The second-order valence-electron chi connectivity index (χ2n) is 4.72. The molecule has 0 aromatic carbocycles. The van der Waals surface area contributed by atoms with Crippen molar-refractivity contribution in [2.45, 2.75) is 52.3 Å². The first kappa shape index (κ1) is 16.5. The van der Waals surface area contributed by atoms with E-state index in [-0.39, 0.29) is 17.7 Å². The van der Waals surface area contributed by atoms with Crippen LogP contribution in [0, 0.1) is 0 Å². The van der Waals surface area contributed by atoms with E-state index in [2.05, 4.69) is 20.6 Å². The first-order chi connectivity index (χ1) is 9.36. The van der Waals surface area contributed by atoms with Crippen LogP contribution in [0.5, 0.6) is 0 Å². The van der Waals surface area contributed by atoms with E-state index in [9.17, 15) is 13.2 Å². The van der Waals surface area contributed by atoms with Gasteiger partial charge < -0.3 is 10.6 Å². The van der Waals surface area contributed by atoms with Gasteiger partial charge in [0.25, 0.3) is 0 Å². The average Bonchev–Trinajstić information content (AvgIpc) is 2.35. The second-order valence-corrected chi connectivity index (χ2v) is 4.72. The number of nitrogens with zero attached hydrogens (tertiary/aromatic N) is 2. The molecule has 0 saturated carbocycles. The molecule has 1 aromatic heterocycles. The molecule has 1 unspecified atom stereocenters. The minimum absolute atomic E-state index is 0.0648. The molecule has 20 heavy (non-hydrogen) atoms. The molecular formula is C13H21F3N4. The highest BCUT2D eigenvalue weighted by molar-refractivity contribution is 5.48. The predicted molar refractivity (Wildman–Crippen MR) is 73.8 cm³/mol. The lowest BCUT2D eigenvalue weighted by Crippen LogP contribution is -2.19. The van der Waals surface area contributed by atoms with Gasteiger partial charge in [-0.15, -0.1) is 0 Å². The molecule has 0 aliphatic heterocycles. The Bertz CT molecular complexity index is 421. The van der Waals surface area contributed by atoms with Crippen LogP contribution in [-0.2, 0) is 6.18 Å². The molecule has 114 valence electrons. The molecule has 0 saturated heterocycles. The van der Waals surface area contributed by atoms with Crippen LogP contribution in [0.1, 0.15) is 45.9 Å². The van der Waals surface area contributed by atoms with Crippen LogP contribution in [0.15, 0.2) is 6.07 Å². The molecule has 0 bridgehead atoms. The molecule has 1 rings (SSSR count). The molecule has 7 heteroatoms. The van der Waals surface area contributed by atoms with E-state index in [0.29, 0.717) is 6.54 Å². The fraction of sp³-hybridized carbons (Fsp3) is 0.692. The molecule has 4 nitrogen and oxygen atoms in total. The van der Waals surface area contributed by atoms with Crippen LogP contribution >= 0.6 is 0 Å². The third-order valence-electron chi connectivity index (χ3n) is 2.65. The van der Waals surface area contributed by atoms with Gasteiger partial charge in [-0.3, -0.25) is 0 Å². The van der Waals surface area contributed by atoms with Crippen LogP contribution in [0.3, 0.4) is 0 Å². The smallest absolute Gasteiger partial charge is 0.370 e. The molecule has 2 N–H and O–H groups in total. The van der Waals surface area contributed by atoms with Gasteiger partial charge in [0.15, 0.2) is 0 Å². The van der Waals surface area contributed by atoms with Gasteiger partial charge in [0.2, 0.25) is 5.82 Å². The molecule has 0 aliphatic rings. The molecule has 0 spiro atoms. The Morgan fingerprint density at radius 3 is 2.35 bits per heavy atom. The van der Waals surface area contributed by atoms with Crippen LogP contribution in [0.4, 0.5) is 24.8 Å². The van der Waals surface area contributed by atoms with Crippen molar-refractivity contribution in [1.82, 2.24) is 9.97 Å². The van der Waals surface area contributed by atoms with Gasteiger partial charge in [-0.1, -0.05) is 20.3 Å². The summed E-state index contributed by atoms with van der Waals surface area (Å²) in [5.74, 6) is -0.725. The summed E-state index contributed by atoms with van der Waals surface area (Å²) in [5, 5.41) is 5.84. The van der Waals surface area contributed by atoms with Crippen LogP contribution in [0.25, 0.3) is 0 Å². The lowest BCUT2D eigenvalue weighted by atomic mass is 10.2. The Hall–Kier alpha value is -1.53. The Morgan fingerprint density at radius 2 is 1.80 bits per heavy atom. The van der Waals surface area contributed by atoms with Crippen molar-refractivity contribution in [2.24, 2.45) is 0 Å². The van der Waals surface area contributed by atoms with Gasteiger partial charge >= 0.3 is 6.18 Å². The minimum atomic E-state index is -4.55. The van der Waals surface area contributed by atoms with Crippen LogP contribution in [0.2, 0.25) is 0 Å². The largest absolute Gasteiger partial charge is 0.451 e. The van der Waals surface area contributed by atoms with Gasteiger partial charge in [0.05, 0.1) is 0 Å². The Balaban J connectivity index is 2.97. The van der Waals surface area contributed by atoms with Crippen molar-refractivity contribution in [3.63, 3.8) is 0 Å². The summed E-state index contributed by atoms with van der Waals surface area (Å²) in [4.78, 5) is 7.06. The molecular weight excluding hydrogens is 269 g/mol. The SMILES string of the molecule is CCCNc1cc(NC(C)CCC)nc(C(F)(F)F)n1. The van der Waals surface area contributed by atoms with Crippen molar-refractivity contribution >= 4 is 11.6 Å². The third kappa shape index (κ3) is 5.22. The van der Waals surface area contributed by atoms with Crippen molar-refractivity contribution in [1.29, 1.82) is 0 Å². The number of rotatable bonds is 7. The topological polar surface area (TPSA) is 49.8 Å². The summed E-state index contributed by atoms with van der Waals surface area (Å²) in [6.45, 7) is 6.44. The number of hydrogen-bond acceptors (Lipinski definition) is 4. The molecule has 1 aromatic rings. The van der Waals surface area contributed by atoms with E-state index in [1.165, 1.54) is 6.07 Å². The van der Waals surface area contributed by atoms with Crippen LogP contribution < -0.4 is 10.6 Å². The standard InChI is InChI=1S/C13H21F3N4/c1-4-6-9(3)18-11-8-10(17-7-5-2)19-12(20-11)13(14,15)16/h8-9H,4-7H2,1-3H3,(H2,17,18,19,20). The highest BCUT2D eigenvalue weighted by atomic mass is 19.4. The Kier molecular flexibility index (Phi) is 6.04. The summed E-state index contributed by atoms with van der Waals surface area (Å²) in [7, 11) is 0. The van der Waals surface area contributed by atoms with Crippen molar-refractivity contribution in [3.05, 3.63) is 11.9 Å². The maximum Gasteiger partial charge on any atom is 0.451 e. The molecule has 0 aliphatic carbocycles. The van der Waals surface area contributed by atoms with Gasteiger partial charge in [0, 0.05) is 18.7 Å². The van der Waals surface area contributed by atoms with Gasteiger partial charge in [-0.25, -0.2) is 9.97 Å². The van der Waals surface area contributed by atoms with Crippen molar-refractivity contribution in [2.75, 3.05) is 17.2 Å².